The first-order valence-corrected chi connectivity index (χ1v) is 12.4. The van der Waals surface area contributed by atoms with E-state index < -0.39 is 10.0 Å². The van der Waals surface area contributed by atoms with Crippen LogP contribution >= 0.6 is 11.3 Å². The Balaban J connectivity index is 1.48. The van der Waals surface area contributed by atoms with E-state index in [9.17, 15) is 13.2 Å². The highest BCUT2D eigenvalue weighted by Crippen LogP contribution is 2.31. The molecule has 4 rings (SSSR count). The molecule has 3 aromatic rings. The largest absolute Gasteiger partial charge is 0.377 e. The minimum Gasteiger partial charge on any atom is -0.377 e. The van der Waals surface area contributed by atoms with Gasteiger partial charge in [-0.2, -0.15) is 4.31 Å². The number of sulfonamides is 1. The topological polar surface area (TPSA) is 88.6 Å². The van der Waals surface area contributed by atoms with Crippen LogP contribution in [-0.2, 0) is 14.8 Å². The molecule has 1 atom stereocenters. The zero-order valence-electron chi connectivity index (χ0n) is 17.7. The minimum atomic E-state index is -3.64. The summed E-state index contributed by atoms with van der Waals surface area (Å²) in [4.78, 5) is 17.4. The van der Waals surface area contributed by atoms with Gasteiger partial charge in [-0.3, -0.25) is 10.1 Å². The molecule has 0 aliphatic carbocycles. The predicted molar refractivity (Wildman–Crippen MR) is 122 cm³/mol. The standard InChI is InChI=1S/C22H25N3O4S2/c1-14-6-7-15(2)20-19(14)23-22(30-20)24-21(26)16-8-10-18(11-9-16)31(27,28)25(3)13-17-5-4-12-29-17/h6-11,17H,4-5,12-13H2,1-3H3,(H,23,24,26)/t17-/m0/s1. The second-order valence-electron chi connectivity index (χ2n) is 7.80. The maximum atomic E-state index is 12.8. The molecule has 1 aromatic heterocycles. The van der Waals surface area contributed by atoms with Crippen LogP contribution in [0.5, 0.6) is 0 Å². The first kappa shape index (κ1) is 21.9. The average molecular weight is 460 g/mol. The lowest BCUT2D eigenvalue weighted by Gasteiger charge is -2.20. The fourth-order valence-corrected chi connectivity index (χ4v) is 5.82. The number of ether oxygens (including phenoxy) is 1. The summed E-state index contributed by atoms with van der Waals surface area (Å²) in [5.41, 5.74) is 3.42. The Hall–Kier alpha value is -2.33. The highest BCUT2D eigenvalue weighted by Gasteiger charge is 2.26. The molecule has 31 heavy (non-hydrogen) atoms. The van der Waals surface area contributed by atoms with Crippen molar-refractivity contribution in [2.24, 2.45) is 0 Å². The molecule has 9 heteroatoms. The molecule has 1 aliphatic heterocycles. The third-order valence-corrected chi connectivity index (χ3v) is 8.42. The van der Waals surface area contributed by atoms with Crippen LogP contribution in [0, 0.1) is 13.8 Å². The lowest BCUT2D eigenvalue weighted by atomic mass is 10.1. The SMILES string of the molecule is Cc1ccc(C)c2sc(NC(=O)c3ccc(S(=O)(=O)N(C)C[C@@H]4CCCO4)cc3)nc12. The van der Waals surface area contributed by atoms with Crippen LogP contribution in [0.1, 0.15) is 34.3 Å². The number of thiazole rings is 1. The summed E-state index contributed by atoms with van der Waals surface area (Å²) in [7, 11) is -2.09. The summed E-state index contributed by atoms with van der Waals surface area (Å²) in [6, 6.07) is 10.0. The molecule has 1 aliphatic rings. The monoisotopic (exact) mass is 459 g/mol. The molecular weight excluding hydrogens is 434 g/mol. The Morgan fingerprint density at radius 1 is 1.19 bits per heavy atom. The Labute approximate surface area is 186 Å². The smallest absolute Gasteiger partial charge is 0.257 e. The molecule has 2 heterocycles. The fourth-order valence-electron chi connectivity index (χ4n) is 3.61. The molecule has 7 nitrogen and oxygen atoms in total. The molecule has 1 fully saturated rings. The predicted octanol–water partition coefficient (Wildman–Crippen LogP) is 3.96. The number of benzene rings is 2. The lowest BCUT2D eigenvalue weighted by Crippen LogP contribution is -2.34. The number of carbonyl (C=O) groups excluding carboxylic acids is 1. The van der Waals surface area contributed by atoms with E-state index in [1.807, 2.05) is 26.0 Å². The van der Waals surface area contributed by atoms with E-state index in [0.29, 0.717) is 23.8 Å². The number of nitrogens with zero attached hydrogens (tertiary/aromatic N) is 2. The number of fused-ring (bicyclic) bond motifs is 1. The maximum Gasteiger partial charge on any atom is 0.257 e. The molecule has 164 valence electrons. The van der Waals surface area contributed by atoms with Crippen molar-refractivity contribution < 1.29 is 17.9 Å². The van der Waals surface area contributed by atoms with Crippen LogP contribution in [0.25, 0.3) is 10.2 Å². The van der Waals surface area contributed by atoms with Gasteiger partial charge in [-0.15, -0.1) is 0 Å². The number of likely N-dealkylation sites (N-methyl/N-ethyl adjacent to an activating group) is 1. The first-order chi connectivity index (χ1) is 14.8. The van der Waals surface area contributed by atoms with Crippen LogP contribution in [0.4, 0.5) is 5.13 Å². The second-order valence-corrected chi connectivity index (χ2v) is 10.8. The van der Waals surface area contributed by atoms with E-state index in [1.54, 1.807) is 7.05 Å². The lowest BCUT2D eigenvalue weighted by molar-refractivity contribution is 0.0979. The number of hydrogen-bond donors (Lipinski definition) is 1. The molecule has 0 bridgehead atoms. The maximum absolute atomic E-state index is 12.8. The van der Waals surface area contributed by atoms with Crippen molar-refractivity contribution in [3.05, 3.63) is 53.1 Å². The second kappa shape index (κ2) is 8.66. The molecule has 0 spiro atoms. The van der Waals surface area contributed by atoms with Crippen molar-refractivity contribution in [2.75, 3.05) is 25.5 Å². The van der Waals surface area contributed by atoms with Crippen molar-refractivity contribution in [2.45, 2.75) is 37.7 Å². The molecule has 0 unspecified atom stereocenters. The number of aromatic nitrogens is 1. The van der Waals surface area contributed by atoms with Gasteiger partial charge in [0.05, 0.1) is 21.2 Å². The van der Waals surface area contributed by atoms with Gasteiger partial charge >= 0.3 is 0 Å². The Kier molecular flexibility index (Phi) is 6.11. The summed E-state index contributed by atoms with van der Waals surface area (Å²) in [5.74, 6) is -0.328. The van der Waals surface area contributed by atoms with Gasteiger partial charge in [0.2, 0.25) is 10.0 Å². The van der Waals surface area contributed by atoms with Gasteiger partial charge in [0, 0.05) is 25.8 Å². The number of rotatable bonds is 6. The molecule has 0 saturated carbocycles. The van der Waals surface area contributed by atoms with E-state index in [4.69, 9.17) is 4.74 Å². The number of amides is 1. The van der Waals surface area contributed by atoms with Crippen molar-refractivity contribution in [1.29, 1.82) is 0 Å². The van der Waals surface area contributed by atoms with Gasteiger partial charge in [0.1, 0.15) is 0 Å². The molecule has 0 radical (unpaired) electrons. The summed E-state index contributed by atoms with van der Waals surface area (Å²) < 4.78 is 33.5. The first-order valence-electron chi connectivity index (χ1n) is 10.1. The van der Waals surface area contributed by atoms with Crippen LogP contribution in [0.3, 0.4) is 0 Å². The molecular formula is C22H25N3O4S2. The summed E-state index contributed by atoms with van der Waals surface area (Å²) in [6.07, 6.45) is 1.76. The van der Waals surface area contributed by atoms with Crippen LogP contribution in [0.15, 0.2) is 41.3 Å². The summed E-state index contributed by atoms with van der Waals surface area (Å²) >= 11 is 1.43. The average Bonchev–Trinajstić information content (AvgIpc) is 3.41. The summed E-state index contributed by atoms with van der Waals surface area (Å²) in [5, 5.41) is 3.34. The van der Waals surface area contributed by atoms with Crippen LogP contribution in [-0.4, -0.2) is 49.9 Å². The van der Waals surface area contributed by atoms with Gasteiger partial charge in [0.15, 0.2) is 5.13 Å². The van der Waals surface area contributed by atoms with Crippen LogP contribution in [0.2, 0.25) is 0 Å². The van der Waals surface area contributed by atoms with E-state index in [2.05, 4.69) is 10.3 Å². The number of nitrogens with one attached hydrogen (secondary N) is 1. The van der Waals surface area contributed by atoms with E-state index >= 15 is 0 Å². The zero-order valence-corrected chi connectivity index (χ0v) is 19.3. The quantitative estimate of drug-likeness (QED) is 0.603. The molecule has 1 N–H and O–H groups in total. The van der Waals surface area contributed by atoms with Crippen molar-refractivity contribution in [1.82, 2.24) is 9.29 Å². The number of aryl methyl sites for hydroxylation is 2. The third kappa shape index (κ3) is 4.50. The normalized spacial score (nSPS) is 16.8. The summed E-state index contributed by atoms with van der Waals surface area (Å²) in [6.45, 7) is 5.00. The van der Waals surface area contributed by atoms with Crippen molar-refractivity contribution in [3.8, 4) is 0 Å². The van der Waals surface area contributed by atoms with Gasteiger partial charge in [-0.25, -0.2) is 13.4 Å². The number of hydrogen-bond acceptors (Lipinski definition) is 6. The number of carbonyl (C=O) groups is 1. The van der Waals surface area contributed by atoms with Crippen LogP contribution < -0.4 is 5.32 Å². The van der Waals surface area contributed by atoms with Crippen molar-refractivity contribution >= 4 is 42.6 Å². The third-order valence-electron chi connectivity index (χ3n) is 5.47. The highest BCUT2D eigenvalue weighted by molar-refractivity contribution is 7.89. The molecule has 1 amide bonds. The minimum absolute atomic E-state index is 0.0640. The molecule has 2 aromatic carbocycles. The van der Waals surface area contributed by atoms with Gasteiger partial charge in [-0.1, -0.05) is 23.5 Å². The van der Waals surface area contributed by atoms with E-state index in [0.717, 1.165) is 34.2 Å². The Morgan fingerprint density at radius 2 is 1.90 bits per heavy atom. The Morgan fingerprint density at radius 3 is 2.55 bits per heavy atom. The highest BCUT2D eigenvalue weighted by atomic mass is 32.2. The van der Waals surface area contributed by atoms with E-state index in [-0.39, 0.29) is 16.9 Å². The van der Waals surface area contributed by atoms with E-state index in [1.165, 1.54) is 39.9 Å². The fraction of sp³-hybridized carbons (Fsp3) is 0.364. The van der Waals surface area contributed by atoms with Gasteiger partial charge in [0.25, 0.3) is 5.91 Å². The zero-order chi connectivity index (χ0) is 22.2. The molecule has 1 saturated heterocycles. The van der Waals surface area contributed by atoms with Gasteiger partial charge in [-0.05, 0) is 62.1 Å². The van der Waals surface area contributed by atoms with Crippen molar-refractivity contribution in [3.63, 3.8) is 0 Å². The Bertz CT molecular complexity index is 1170. The number of anilines is 1. The van der Waals surface area contributed by atoms with Gasteiger partial charge < -0.3 is 4.74 Å².